The summed E-state index contributed by atoms with van der Waals surface area (Å²) < 4.78 is 0. The van der Waals surface area contributed by atoms with Crippen LogP contribution in [0.4, 0.5) is 11.4 Å². The van der Waals surface area contributed by atoms with Crippen LogP contribution in [0.3, 0.4) is 0 Å². The predicted molar refractivity (Wildman–Crippen MR) is 64.8 cm³/mol. The molecule has 2 aliphatic rings. The third-order valence-electron chi connectivity index (χ3n) is 4.07. The van der Waals surface area contributed by atoms with Crippen molar-refractivity contribution in [3.8, 4) is 0 Å². The average molecular weight is 216 g/mol. The molecule has 1 N–H and O–H groups in total. The second kappa shape index (κ2) is 3.00. The van der Waals surface area contributed by atoms with E-state index >= 15 is 0 Å². The van der Waals surface area contributed by atoms with Gasteiger partial charge in [-0.1, -0.05) is 12.1 Å². The summed E-state index contributed by atoms with van der Waals surface area (Å²) >= 11 is 0. The first kappa shape index (κ1) is 9.70. The number of carbonyl (C=O) groups is 1. The monoisotopic (exact) mass is 216 g/mol. The molecular weight excluding hydrogens is 200 g/mol. The largest absolute Gasteiger partial charge is 0.358 e. The molecule has 1 saturated carbocycles. The van der Waals surface area contributed by atoms with Gasteiger partial charge in [-0.3, -0.25) is 4.79 Å². The quantitative estimate of drug-likeness (QED) is 0.721. The second-order valence-electron chi connectivity index (χ2n) is 4.87. The van der Waals surface area contributed by atoms with Gasteiger partial charge in [0, 0.05) is 7.05 Å². The smallest absolute Gasteiger partial charge is 0.250 e. The number of benzene rings is 1. The number of hydrogen-bond acceptors (Lipinski definition) is 2. The minimum Gasteiger partial charge on any atom is -0.358 e. The Morgan fingerprint density at radius 2 is 2.12 bits per heavy atom. The summed E-state index contributed by atoms with van der Waals surface area (Å²) in [6.45, 7) is 2.10. The van der Waals surface area contributed by atoms with Crippen LogP contribution in [0.15, 0.2) is 18.2 Å². The van der Waals surface area contributed by atoms with Crippen LogP contribution in [0, 0.1) is 6.92 Å². The first-order valence-electron chi connectivity index (χ1n) is 5.80. The van der Waals surface area contributed by atoms with Gasteiger partial charge >= 0.3 is 0 Å². The normalized spacial score (nSPS) is 21.4. The molecule has 0 aromatic heterocycles. The molecule has 1 aliphatic heterocycles. The van der Waals surface area contributed by atoms with Crippen LogP contribution in [-0.4, -0.2) is 18.5 Å². The van der Waals surface area contributed by atoms with E-state index in [0.29, 0.717) is 0 Å². The number of anilines is 2. The molecule has 3 nitrogen and oxygen atoms in total. The molecule has 1 fully saturated rings. The van der Waals surface area contributed by atoms with Gasteiger partial charge in [-0.2, -0.15) is 0 Å². The Balaban J connectivity index is 2.15. The molecular formula is C13H16N2O. The standard InChI is InChI=1S/C13H16N2O/c1-9-5-3-6-10-11(9)15(2)13(7-4-8-13)12(16)14-10/h3,5-6H,4,7-8H2,1-2H3,(H,14,16). The van der Waals surface area contributed by atoms with Crippen molar-refractivity contribution in [3.63, 3.8) is 0 Å². The third-order valence-corrected chi connectivity index (χ3v) is 4.07. The van der Waals surface area contributed by atoms with Crippen LogP contribution in [0.2, 0.25) is 0 Å². The molecule has 0 unspecified atom stereocenters. The van der Waals surface area contributed by atoms with Crippen LogP contribution < -0.4 is 10.2 Å². The van der Waals surface area contributed by atoms with Gasteiger partial charge in [0.2, 0.25) is 5.91 Å². The first-order valence-corrected chi connectivity index (χ1v) is 5.80. The summed E-state index contributed by atoms with van der Waals surface area (Å²) in [7, 11) is 2.05. The highest BCUT2D eigenvalue weighted by Gasteiger charge is 2.50. The van der Waals surface area contributed by atoms with E-state index in [9.17, 15) is 4.79 Å². The molecule has 3 heteroatoms. The Bertz CT molecular complexity index is 463. The highest BCUT2D eigenvalue weighted by molar-refractivity contribution is 6.07. The van der Waals surface area contributed by atoms with Crippen LogP contribution in [0.25, 0.3) is 0 Å². The van der Waals surface area contributed by atoms with E-state index in [4.69, 9.17) is 0 Å². The Morgan fingerprint density at radius 3 is 2.75 bits per heavy atom. The van der Waals surface area contributed by atoms with Gasteiger partial charge in [-0.25, -0.2) is 0 Å². The lowest BCUT2D eigenvalue weighted by Crippen LogP contribution is -2.62. The molecule has 1 aromatic rings. The lowest BCUT2D eigenvalue weighted by Gasteiger charge is -2.51. The van der Waals surface area contributed by atoms with Gasteiger partial charge in [-0.15, -0.1) is 0 Å². The van der Waals surface area contributed by atoms with E-state index in [2.05, 4.69) is 23.2 Å². The SMILES string of the molecule is Cc1cccc2c1N(C)C1(CCC1)C(=O)N2. The molecule has 3 rings (SSSR count). The lowest BCUT2D eigenvalue weighted by atomic mass is 9.73. The number of para-hydroxylation sites is 1. The van der Waals surface area contributed by atoms with E-state index < -0.39 is 0 Å². The van der Waals surface area contributed by atoms with Crippen molar-refractivity contribution in [1.82, 2.24) is 0 Å². The molecule has 1 aromatic carbocycles. The Morgan fingerprint density at radius 1 is 1.38 bits per heavy atom. The van der Waals surface area contributed by atoms with Crippen molar-refractivity contribution in [2.45, 2.75) is 31.7 Å². The van der Waals surface area contributed by atoms with Crippen LogP contribution in [0.5, 0.6) is 0 Å². The zero-order valence-electron chi connectivity index (χ0n) is 9.71. The molecule has 16 heavy (non-hydrogen) atoms. The van der Waals surface area contributed by atoms with E-state index in [0.717, 1.165) is 24.9 Å². The zero-order valence-corrected chi connectivity index (χ0v) is 9.71. The molecule has 0 radical (unpaired) electrons. The van der Waals surface area contributed by atoms with E-state index in [1.54, 1.807) is 0 Å². The topological polar surface area (TPSA) is 32.3 Å². The average Bonchev–Trinajstić information content (AvgIpc) is 2.14. The maximum absolute atomic E-state index is 12.1. The molecule has 84 valence electrons. The fourth-order valence-electron chi connectivity index (χ4n) is 2.88. The van der Waals surface area contributed by atoms with Gasteiger partial charge in [0.05, 0.1) is 11.4 Å². The fraction of sp³-hybridized carbons (Fsp3) is 0.462. The van der Waals surface area contributed by atoms with Gasteiger partial charge < -0.3 is 10.2 Å². The van der Waals surface area contributed by atoms with Crippen molar-refractivity contribution in [2.24, 2.45) is 0 Å². The maximum atomic E-state index is 12.1. The molecule has 1 heterocycles. The van der Waals surface area contributed by atoms with Crippen molar-refractivity contribution >= 4 is 17.3 Å². The van der Waals surface area contributed by atoms with Crippen molar-refractivity contribution < 1.29 is 4.79 Å². The van der Waals surface area contributed by atoms with Crippen molar-refractivity contribution in [2.75, 3.05) is 17.3 Å². The highest BCUT2D eigenvalue weighted by Crippen LogP contribution is 2.46. The number of carbonyl (C=O) groups excluding carboxylic acids is 1. The molecule has 0 atom stereocenters. The number of aryl methyl sites for hydroxylation is 1. The molecule has 0 bridgehead atoms. The Hall–Kier alpha value is -1.51. The summed E-state index contributed by atoms with van der Waals surface area (Å²) in [5, 5.41) is 3.04. The van der Waals surface area contributed by atoms with E-state index in [-0.39, 0.29) is 11.4 Å². The molecule has 1 aliphatic carbocycles. The summed E-state index contributed by atoms with van der Waals surface area (Å²) in [6.07, 6.45) is 3.10. The Kier molecular flexibility index (Phi) is 1.82. The minimum absolute atomic E-state index is 0.166. The first-order chi connectivity index (χ1) is 7.65. The van der Waals surface area contributed by atoms with Gasteiger partial charge in [-0.05, 0) is 37.8 Å². The van der Waals surface area contributed by atoms with E-state index in [1.807, 2.05) is 19.2 Å². The minimum atomic E-state index is -0.265. The number of hydrogen-bond donors (Lipinski definition) is 1. The molecule has 1 spiro atoms. The van der Waals surface area contributed by atoms with Crippen LogP contribution in [0.1, 0.15) is 24.8 Å². The molecule has 0 saturated heterocycles. The second-order valence-corrected chi connectivity index (χ2v) is 4.87. The van der Waals surface area contributed by atoms with Crippen molar-refractivity contribution in [3.05, 3.63) is 23.8 Å². The van der Waals surface area contributed by atoms with Crippen LogP contribution in [-0.2, 0) is 4.79 Å². The van der Waals surface area contributed by atoms with Crippen molar-refractivity contribution in [1.29, 1.82) is 0 Å². The number of amides is 1. The predicted octanol–water partition coefficient (Wildman–Crippen LogP) is 2.31. The molecule has 1 amide bonds. The summed E-state index contributed by atoms with van der Waals surface area (Å²) in [5.74, 6) is 0.166. The van der Waals surface area contributed by atoms with Gasteiger partial charge in [0.15, 0.2) is 0 Å². The maximum Gasteiger partial charge on any atom is 0.250 e. The van der Waals surface area contributed by atoms with E-state index in [1.165, 1.54) is 11.3 Å². The zero-order chi connectivity index (χ0) is 11.3. The highest BCUT2D eigenvalue weighted by atomic mass is 16.2. The number of rotatable bonds is 0. The summed E-state index contributed by atoms with van der Waals surface area (Å²) in [4.78, 5) is 14.3. The van der Waals surface area contributed by atoms with Gasteiger partial charge in [0.25, 0.3) is 0 Å². The lowest BCUT2D eigenvalue weighted by molar-refractivity contribution is -0.124. The third kappa shape index (κ3) is 1.01. The number of fused-ring (bicyclic) bond motifs is 1. The van der Waals surface area contributed by atoms with Crippen LogP contribution >= 0.6 is 0 Å². The number of likely N-dealkylation sites (N-methyl/N-ethyl adjacent to an activating group) is 1. The fourth-order valence-corrected chi connectivity index (χ4v) is 2.88. The van der Waals surface area contributed by atoms with Gasteiger partial charge in [0.1, 0.15) is 5.54 Å². The Labute approximate surface area is 95.4 Å². The summed E-state index contributed by atoms with van der Waals surface area (Å²) in [5.41, 5.74) is 3.09. The number of nitrogens with zero attached hydrogens (tertiary/aromatic N) is 1. The summed E-state index contributed by atoms with van der Waals surface area (Å²) in [6, 6.07) is 6.06. The number of nitrogens with one attached hydrogen (secondary N) is 1.